The van der Waals surface area contributed by atoms with E-state index in [1.54, 1.807) is 26.4 Å². The Morgan fingerprint density at radius 1 is 1.06 bits per heavy atom. The van der Waals surface area contributed by atoms with Crippen LogP contribution in [0.4, 0.5) is 14.5 Å². The van der Waals surface area contributed by atoms with Crippen LogP contribution in [0.1, 0.15) is 19.4 Å². The van der Waals surface area contributed by atoms with Gasteiger partial charge in [0, 0.05) is 40.3 Å². The van der Waals surface area contributed by atoms with Crippen LogP contribution >= 0.6 is 0 Å². The van der Waals surface area contributed by atoms with E-state index in [4.69, 9.17) is 13.9 Å². The average molecular weight is 463 g/mol. The summed E-state index contributed by atoms with van der Waals surface area (Å²) < 4.78 is 44.2. The van der Waals surface area contributed by atoms with Gasteiger partial charge in [0.25, 0.3) is 0 Å². The molecule has 7 heteroatoms. The van der Waals surface area contributed by atoms with E-state index in [1.165, 1.54) is 12.1 Å². The molecule has 1 heterocycles. The minimum Gasteiger partial charge on any atom is -0.496 e. The van der Waals surface area contributed by atoms with E-state index < -0.39 is 17.5 Å². The normalized spacial score (nSPS) is 11.5. The molecule has 34 heavy (non-hydrogen) atoms. The van der Waals surface area contributed by atoms with E-state index in [0.717, 1.165) is 22.6 Å². The molecule has 0 radical (unpaired) electrons. The number of allylic oxidation sites excluding steroid dienone is 1. The molecule has 1 aromatic heterocycles. The predicted octanol–water partition coefficient (Wildman–Crippen LogP) is 6.83. The van der Waals surface area contributed by atoms with Crippen molar-refractivity contribution in [2.45, 2.75) is 13.8 Å². The lowest BCUT2D eigenvalue weighted by Crippen LogP contribution is -2.10. The summed E-state index contributed by atoms with van der Waals surface area (Å²) in [5, 5.41) is 3.26. The number of nitrogens with one attached hydrogen (secondary N) is 1. The van der Waals surface area contributed by atoms with Gasteiger partial charge < -0.3 is 19.2 Å². The molecule has 0 unspecified atom stereocenters. The lowest BCUT2D eigenvalue weighted by molar-refractivity contribution is -0.111. The highest BCUT2D eigenvalue weighted by atomic mass is 19.1. The minimum atomic E-state index is -0.851. The number of halogens is 2. The first kappa shape index (κ1) is 23.0. The first-order valence-corrected chi connectivity index (χ1v) is 10.7. The van der Waals surface area contributed by atoms with E-state index >= 15 is 0 Å². The lowest BCUT2D eigenvalue weighted by Gasteiger charge is -2.12. The Morgan fingerprint density at radius 3 is 2.59 bits per heavy atom. The maximum Gasteiger partial charge on any atom is 0.248 e. The van der Waals surface area contributed by atoms with E-state index in [9.17, 15) is 13.6 Å². The van der Waals surface area contributed by atoms with Crippen molar-refractivity contribution in [3.05, 3.63) is 84.1 Å². The molecule has 4 rings (SSSR count). The molecule has 0 aliphatic carbocycles. The van der Waals surface area contributed by atoms with Gasteiger partial charge in [-0.1, -0.05) is 18.2 Å². The second-order valence-corrected chi connectivity index (χ2v) is 7.57. The van der Waals surface area contributed by atoms with Crippen LogP contribution in [0.15, 0.2) is 71.4 Å². The third-order valence-electron chi connectivity index (χ3n) is 5.33. The third kappa shape index (κ3) is 4.64. The molecule has 174 valence electrons. The molecular weight excluding hydrogens is 440 g/mol. The van der Waals surface area contributed by atoms with E-state index in [1.807, 2.05) is 37.3 Å². The number of para-hydroxylation sites is 1. The number of ether oxygens (including phenoxy) is 2. The highest BCUT2D eigenvalue weighted by Crippen LogP contribution is 2.40. The quantitative estimate of drug-likeness (QED) is 0.305. The summed E-state index contributed by atoms with van der Waals surface area (Å²) in [6.07, 6.45) is 3.00. The molecule has 0 aliphatic rings. The minimum absolute atomic E-state index is 0.107. The number of anilines is 1. The van der Waals surface area contributed by atoms with Crippen LogP contribution in [0.3, 0.4) is 0 Å². The van der Waals surface area contributed by atoms with Gasteiger partial charge in [-0.25, -0.2) is 8.78 Å². The van der Waals surface area contributed by atoms with Crippen LogP contribution in [0.25, 0.3) is 27.7 Å². The van der Waals surface area contributed by atoms with Crippen molar-refractivity contribution < 1.29 is 27.5 Å². The SMILES string of the molecule is CCOc1cc2occ(-c3ccccc3OC)c2cc1/C(C)=C/C(=O)Nc1ccc(F)cc1F. The Kier molecular flexibility index (Phi) is 6.63. The van der Waals surface area contributed by atoms with Crippen LogP contribution in [0, 0.1) is 11.6 Å². The maximum absolute atomic E-state index is 13.9. The number of methoxy groups -OCH3 is 1. The first-order valence-electron chi connectivity index (χ1n) is 10.7. The van der Waals surface area contributed by atoms with E-state index in [-0.39, 0.29) is 5.69 Å². The number of benzene rings is 3. The van der Waals surface area contributed by atoms with Crippen LogP contribution < -0.4 is 14.8 Å². The number of carbonyl (C=O) groups excluding carboxylic acids is 1. The third-order valence-corrected chi connectivity index (χ3v) is 5.33. The van der Waals surface area contributed by atoms with Crippen LogP contribution in [0.2, 0.25) is 0 Å². The number of amides is 1. The van der Waals surface area contributed by atoms with Crippen LogP contribution in [0.5, 0.6) is 11.5 Å². The molecule has 4 aromatic rings. The standard InChI is InChI=1S/C27H23F2NO4/c1-4-33-25-14-26-20(21(15-34-26)18-7-5-6-8-24(18)32-3)13-19(25)16(2)11-27(31)30-23-10-9-17(28)12-22(23)29/h5-15H,4H2,1-3H3,(H,30,31)/b16-11+. The largest absolute Gasteiger partial charge is 0.496 e. The highest BCUT2D eigenvalue weighted by Gasteiger charge is 2.17. The Balaban J connectivity index is 1.75. The summed E-state index contributed by atoms with van der Waals surface area (Å²) >= 11 is 0. The summed E-state index contributed by atoms with van der Waals surface area (Å²) in [6.45, 7) is 4.03. The van der Waals surface area contributed by atoms with Crippen molar-refractivity contribution in [2.24, 2.45) is 0 Å². The summed E-state index contributed by atoms with van der Waals surface area (Å²) in [5.41, 5.74) is 3.49. The first-order chi connectivity index (χ1) is 16.4. The van der Waals surface area contributed by atoms with Gasteiger partial charge in [-0.3, -0.25) is 4.79 Å². The summed E-state index contributed by atoms with van der Waals surface area (Å²) in [5.74, 6) is -0.875. The molecule has 0 fully saturated rings. The Hall–Kier alpha value is -4.13. The van der Waals surface area contributed by atoms with Gasteiger partial charge in [0.1, 0.15) is 28.7 Å². The number of carbonyl (C=O) groups is 1. The topological polar surface area (TPSA) is 60.7 Å². The van der Waals surface area contributed by atoms with Crippen LogP contribution in [-0.2, 0) is 4.79 Å². The zero-order valence-electron chi connectivity index (χ0n) is 18.9. The molecule has 0 spiro atoms. The highest BCUT2D eigenvalue weighted by molar-refractivity contribution is 6.05. The van der Waals surface area contributed by atoms with Crippen LogP contribution in [-0.4, -0.2) is 19.6 Å². The molecule has 0 saturated heterocycles. The van der Waals surface area contributed by atoms with Gasteiger partial charge >= 0.3 is 0 Å². The van der Waals surface area contributed by atoms with Gasteiger partial charge in [-0.2, -0.15) is 0 Å². The summed E-state index contributed by atoms with van der Waals surface area (Å²) in [7, 11) is 1.61. The van der Waals surface area contributed by atoms with E-state index in [2.05, 4.69) is 5.32 Å². The lowest BCUT2D eigenvalue weighted by atomic mass is 9.98. The zero-order chi connectivity index (χ0) is 24.2. The summed E-state index contributed by atoms with van der Waals surface area (Å²) in [6, 6.07) is 14.2. The second-order valence-electron chi connectivity index (χ2n) is 7.57. The van der Waals surface area contributed by atoms with Crippen molar-refractivity contribution in [3.63, 3.8) is 0 Å². The van der Waals surface area contributed by atoms with E-state index in [0.29, 0.717) is 40.9 Å². The molecule has 0 atom stereocenters. The van der Waals surface area contributed by atoms with Crippen molar-refractivity contribution in [1.29, 1.82) is 0 Å². The molecule has 1 N–H and O–H groups in total. The Morgan fingerprint density at radius 2 is 1.85 bits per heavy atom. The number of hydrogen-bond acceptors (Lipinski definition) is 4. The van der Waals surface area contributed by atoms with Crippen molar-refractivity contribution in [3.8, 4) is 22.6 Å². The molecule has 0 aliphatic heterocycles. The number of hydrogen-bond donors (Lipinski definition) is 1. The fraction of sp³-hybridized carbons (Fsp3) is 0.148. The zero-order valence-corrected chi connectivity index (χ0v) is 18.9. The fourth-order valence-corrected chi connectivity index (χ4v) is 3.75. The Bertz CT molecular complexity index is 1390. The monoisotopic (exact) mass is 463 g/mol. The van der Waals surface area contributed by atoms with Crippen molar-refractivity contribution in [2.75, 3.05) is 19.0 Å². The molecule has 5 nitrogen and oxygen atoms in total. The molecule has 0 saturated carbocycles. The van der Waals surface area contributed by atoms with Crippen molar-refractivity contribution >= 4 is 28.1 Å². The molecular formula is C27H23F2NO4. The summed E-state index contributed by atoms with van der Waals surface area (Å²) in [4.78, 5) is 12.6. The van der Waals surface area contributed by atoms with Gasteiger partial charge in [-0.05, 0) is 43.7 Å². The predicted molar refractivity (Wildman–Crippen MR) is 128 cm³/mol. The molecule has 0 bridgehead atoms. The van der Waals surface area contributed by atoms with Gasteiger partial charge in [0.2, 0.25) is 5.91 Å². The average Bonchev–Trinajstić information content (AvgIpc) is 3.23. The smallest absolute Gasteiger partial charge is 0.248 e. The Labute approximate surface area is 195 Å². The molecule has 3 aromatic carbocycles. The second kappa shape index (κ2) is 9.79. The maximum atomic E-state index is 13.9. The van der Waals surface area contributed by atoms with Gasteiger partial charge in [-0.15, -0.1) is 0 Å². The number of fused-ring (bicyclic) bond motifs is 1. The van der Waals surface area contributed by atoms with Gasteiger partial charge in [0.05, 0.1) is 25.7 Å². The molecule has 1 amide bonds. The number of rotatable bonds is 7. The van der Waals surface area contributed by atoms with Gasteiger partial charge in [0.15, 0.2) is 0 Å². The number of furan rings is 1. The van der Waals surface area contributed by atoms with Crippen molar-refractivity contribution in [1.82, 2.24) is 0 Å². The fourth-order valence-electron chi connectivity index (χ4n) is 3.75.